The van der Waals surface area contributed by atoms with Gasteiger partial charge in [0.25, 0.3) is 5.91 Å². The summed E-state index contributed by atoms with van der Waals surface area (Å²) in [5.41, 5.74) is 3.08. The normalized spacial score (nSPS) is 10.5. The third kappa shape index (κ3) is 3.30. The number of nitrogens with zero attached hydrogens (tertiary/aromatic N) is 2. The minimum atomic E-state index is -0.336. The second kappa shape index (κ2) is 6.58. The monoisotopic (exact) mass is 321 g/mol. The first-order valence-corrected chi connectivity index (χ1v) is 7.51. The van der Waals surface area contributed by atoms with Gasteiger partial charge in [-0.3, -0.25) is 4.79 Å². The van der Waals surface area contributed by atoms with Crippen LogP contribution in [0.4, 0.5) is 10.1 Å². The second-order valence-corrected chi connectivity index (χ2v) is 5.47. The third-order valence-corrected chi connectivity index (χ3v) is 3.69. The maximum absolute atomic E-state index is 13.1. The van der Waals surface area contributed by atoms with Crippen molar-refractivity contribution in [2.75, 3.05) is 5.32 Å². The standard InChI is InChI=1S/C19H16FN3O/c1-12-10-15(20)8-9-17(12)23-19(24)16-11-21-18(22-13(16)2)14-6-4-3-5-7-14/h3-11H,1-2H3,(H,23,24). The Kier molecular flexibility index (Phi) is 4.33. The van der Waals surface area contributed by atoms with Crippen molar-refractivity contribution in [3.05, 3.63) is 77.4 Å². The fourth-order valence-corrected chi connectivity index (χ4v) is 2.37. The second-order valence-electron chi connectivity index (χ2n) is 5.47. The number of amides is 1. The van der Waals surface area contributed by atoms with Gasteiger partial charge in [0.2, 0.25) is 0 Å². The SMILES string of the molecule is Cc1cc(F)ccc1NC(=O)c1cnc(-c2ccccc2)nc1C. The van der Waals surface area contributed by atoms with Crippen molar-refractivity contribution in [1.82, 2.24) is 9.97 Å². The van der Waals surface area contributed by atoms with E-state index in [1.165, 1.54) is 24.4 Å². The Labute approximate surface area is 139 Å². The zero-order valence-electron chi connectivity index (χ0n) is 13.4. The highest BCUT2D eigenvalue weighted by Gasteiger charge is 2.14. The van der Waals surface area contributed by atoms with Crippen LogP contribution >= 0.6 is 0 Å². The van der Waals surface area contributed by atoms with Gasteiger partial charge in [-0.05, 0) is 37.6 Å². The number of hydrogen-bond acceptors (Lipinski definition) is 3. The summed E-state index contributed by atoms with van der Waals surface area (Å²) in [7, 11) is 0. The van der Waals surface area contributed by atoms with Gasteiger partial charge in [-0.2, -0.15) is 0 Å². The minimum absolute atomic E-state index is 0.318. The van der Waals surface area contributed by atoms with E-state index in [0.717, 1.165) is 5.56 Å². The molecule has 4 nitrogen and oxygen atoms in total. The molecule has 0 aliphatic carbocycles. The molecule has 0 spiro atoms. The lowest BCUT2D eigenvalue weighted by molar-refractivity contribution is 0.102. The Hall–Kier alpha value is -3.08. The van der Waals surface area contributed by atoms with Gasteiger partial charge in [-0.25, -0.2) is 14.4 Å². The molecule has 0 atom stereocenters. The molecule has 3 aromatic rings. The highest BCUT2D eigenvalue weighted by atomic mass is 19.1. The van der Waals surface area contributed by atoms with E-state index in [-0.39, 0.29) is 11.7 Å². The first-order valence-electron chi connectivity index (χ1n) is 7.51. The molecule has 0 bridgehead atoms. The van der Waals surface area contributed by atoms with Gasteiger partial charge in [-0.15, -0.1) is 0 Å². The maximum atomic E-state index is 13.1. The lowest BCUT2D eigenvalue weighted by Gasteiger charge is -2.10. The van der Waals surface area contributed by atoms with Crippen LogP contribution in [0.5, 0.6) is 0 Å². The van der Waals surface area contributed by atoms with E-state index in [9.17, 15) is 9.18 Å². The summed E-state index contributed by atoms with van der Waals surface area (Å²) >= 11 is 0. The molecular weight excluding hydrogens is 305 g/mol. The number of carbonyl (C=O) groups excluding carboxylic acids is 1. The van der Waals surface area contributed by atoms with Crippen LogP contribution in [-0.2, 0) is 0 Å². The highest BCUT2D eigenvalue weighted by Crippen LogP contribution is 2.19. The van der Waals surface area contributed by atoms with Crippen LogP contribution in [0, 0.1) is 19.7 Å². The first kappa shape index (κ1) is 15.8. The molecule has 1 amide bonds. The topological polar surface area (TPSA) is 54.9 Å². The van der Waals surface area contributed by atoms with Crippen LogP contribution < -0.4 is 5.32 Å². The van der Waals surface area contributed by atoms with Gasteiger partial charge in [0, 0.05) is 17.4 Å². The van der Waals surface area contributed by atoms with E-state index < -0.39 is 0 Å². The van der Waals surface area contributed by atoms with Crippen molar-refractivity contribution < 1.29 is 9.18 Å². The molecule has 120 valence electrons. The molecule has 0 saturated heterocycles. The van der Waals surface area contributed by atoms with Crippen molar-refractivity contribution >= 4 is 11.6 Å². The van der Waals surface area contributed by atoms with Gasteiger partial charge >= 0.3 is 0 Å². The molecule has 3 rings (SSSR count). The Balaban J connectivity index is 1.85. The van der Waals surface area contributed by atoms with Crippen molar-refractivity contribution in [3.8, 4) is 11.4 Å². The average Bonchev–Trinajstić information content (AvgIpc) is 2.58. The lowest BCUT2D eigenvalue weighted by atomic mass is 10.1. The van der Waals surface area contributed by atoms with Crippen molar-refractivity contribution in [1.29, 1.82) is 0 Å². The van der Waals surface area contributed by atoms with Crippen molar-refractivity contribution in [2.45, 2.75) is 13.8 Å². The number of carbonyl (C=O) groups is 1. The smallest absolute Gasteiger partial charge is 0.259 e. The molecule has 24 heavy (non-hydrogen) atoms. The quantitative estimate of drug-likeness (QED) is 0.788. The van der Waals surface area contributed by atoms with Gasteiger partial charge < -0.3 is 5.32 Å². The Morgan fingerprint density at radius 3 is 2.50 bits per heavy atom. The molecule has 1 N–H and O–H groups in total. The van der Waals surface area contributed by atoms with Crippen molar-refractivity contribution in [2.24, 2.45) is 0 Å². The predicted octanol–water partition coefficient (Wildman–Crippen LogP) is 4.15. The molecule has 1 aromatic heterocycles. The lowest BCUT2D eigenvalue weighted by Crippen LogP contribution is -2.15. The molecular formula is C19H16FN3O. The number of anilines is 1. The maximum Gasteiger partial charge on any atom is 0.259 e. The van der Waals surface area contributed by atoms with Gasteiger partial charge in [0.05, 0.1) is 11.3 Å². The van der Waals surface area contributed by atoms with Crippen molar-refractivity contribution in [3.63, 3.8) is 0 Å². The van der Waals surface area contributed by atoms with E-state index >= 15 is 0 Å². The highest BCUT2D eigenvalue weighted by molar-refractivity contribution is 6.05. The number of halogens is 1. The van der Waals surface area contributed by atoms with E-state index in [1.54, 1.807) is 13.8 Å². The summed E-state index contributed by atoms with van der Waals surface area (Å²) < 4.78 is 13.1. The number of benzene rings is 2. The zero-order chi connectivity index (χ0) is 17.1. The van der Waals surface area contributed by atoms with E-state index in [0.29, 0.717) is 28.3 Å². The minimum Gasteiger partial charge on any atom is -0.322 e. The first-order chi connectivity index (χ1) is 11.5. The third-order valence-electron chi connectivity index (χ3n) is 3.69. The Morgan fingerprint density at radius 1 is 1.08 bits per heavy atom. The van der Waals surface area contributed by atoms with E-state index in [2.05, 4.69) is 15.3 Å². The average molecular weight is 321 g/mol. The molecule has 0 fully saturated rings. The molecule has 0 unspecified atom stereocenters. The Morgan fingerprint density at radius 2 is 1.83 bits per heavy atom. The molecule has 1 heterocycles. The summed E-state index contributed by atoms with van der Waals surface area (Å²) in [6.45, 7) is 3.50. The van der Waals surface area contributed by atoms with Gasteiger partial charge in [0.1, 0.15) is 5.82 Å². The van der Waals surface area contributed by atoms with Crippen LogP contribution in [-0.4, -0.2) is 15.9 Å². The number of aromatic nitrogens is 2. The van der Waals surface area contributed by atoms with Crippen LogP contribution in [0.1, 0.15) is 21.6 Å². The van der Waals surface area contributed by atoms with Gasteiger partial charge in [0.15, 0.2) is 5.82 Å². The number of hydrogen-bond donors (Lipinski definition) is 1. The Bertz CT molecular complexity index is 894. The fourth-order valence-electron chi connectivity index (χ4n) is 2.37. The van der Waals surface area contributed by atoms with Crippen LogP contribution in [0.2, 0.25) is 0 Å². The summed E-state index contributed by atoms with van der Waals surface area (Å²) in [6, 6.07) is 13.8. The molecule has 0 aliphatic rings. The molecule has 2 aromatic carbocycles. The number of nitrogens with one attached hydrogen (secondary N) is 1. The summed E-state index contributed by atoms with van der Waals surface area (Å²) in [5, 5.41) is 2.77. The van der Waals surface area contributed by atoms with Crippen LogP contribution in [0.25, 0.3) is 11.4 Å². The number of rotatable bonds is 3. The van der Waals surface area contributed by atoms with E-state index in [4.69, 9.17) is 0 Å². The zero-order valence-corrected chi connectivity index (χ0v) is 13.4. The largest absolute Gasteiger partial charge is 0.322 e. The summed E-state index contributed by atoms with van der Waals surface area (Å²) in [4.78, 5) is 21.1. The predicted molar refractivity (Wildman–Crippen MR) is 91.3 cm³/mol. The number of aryl methyl sites for hydroxylation is 2. The van der Waals surface area contributed by atoms with Crippen LogP contribution in [0.3, 0.4) is 0 Å². The fraction of sp³-hybridized carbons (Fsp3) is 0.105. The van der Waals surface area contributed by atoms with Crippen LogP contribution in [0.15, 0.2) is 54.7 Å². The molecule has 0 radical (unpaired) electrons. The summed E-state index contributed by atoms with van der Waals surface area (Å²) in [6.07, 6.45) is 1.51. The molecule has 5 heteroatoms. The molecule has 0 aliphatic heterocycles. The van der Waals surface area contributed by atoms with Gasteiger partial charge in [-0.1, -0.05) is 30.3 Å². The van der Waals surface area contributed by atoms with E-state index in [1.807, 2.05) is 30.3 Å². The summed E-state index contributed by atoms with van der Waals surface area (Å²) in [5.74, 6) is -0.0818. The molecule has 0 saturated carbocycles.